The molecule has 0 aromatic carbocycles. The molecule has 0 bridgehead atoms. The highest BCUT2D eigenvalue weighted by Crippen LogP contribution is 2.33. The maximum atomic E-state index is 12.5. The van der Waals surface area contributed by atoms with Crippen molar-refractivity contribution in [3.63, 3.8) is 0 Å². The average molecular weight is 247 g/mol. The maximum Gasteiger partial charge on any atom is 0.270 e. The van der Waals surface area contributed by atoms with E-state index < -0.39 is 0 Å². The van der Waals surface area contributed by atoms with Crippen molar-refractivity contribution in [2.24, 2.45) is 5.73 Å². The first-order valence-electron chi connectivity index (χ1n) is 6.97. The van der Waals surface area contributed by atoms with Gasteiger partial charge in [0.25, 0.3) is 5.91 Å². The Bertz CT molecular complexity index is 428. The molecule has 1 saturated carbocycles. The van der Waals surface area contributed by atoms with Gasteiger partial charge in [-0.05, 0) is 44.2 Å². The highest BCUT2D eigenvalue weighted by molar-refractivity contribution is 5.93. The minimum atomic E-state index is 0.179. The van der Waals surface area contributed by atoms with E-state index in [9.17, 15) is 4.79 Å². The van der Waals surface area contributed by atoms with Crippen LogP contribution in [0.15, 0.2) is 18.3 Å². The number of nitrogens with two attached hydrogens (primary N) is 1. The first kappa shape index (κ1) is 11.8. The molecular weight excluding hydrogens is 226 g/mol. The highest BCUT2D eigenvalue weighted by atomic mass is 16.2. The van der Waals surface area contributed by atoms with Gasteiger partial charge in [0.15, 0.2) is 0 Å². The zero-order valence-corrected chi connectivity index (χ0v) is 10.7. The summed E-state index contributed by atoms with van der Waals surface area (Å²) in [5.74, 6) is 0.179. The fourth-order valence-corrected chi connectivity index (χ4v) is 2.82. The van der Waals surface area contributed by atoms with Crippen LogP contribution in [0.1, 0.15) is 48.6 Å². The summed E-state index contributed by atoms with van der Waals surface area (Å²) >= 11 is 0. The van der Waals surface area contributed by atoms with Gasteiger partial charge in [-0.25, -0.2) is 0 Å². The second kappa shape index (κ2) is 4.76. The van der Waals surface area contributed by atoms with Crippen LogP contribution in [0.25, 0.3) is 0 Å². The summed E-state index contributed by atoms with van der Waals surface area (Å²) in [5.41, 5.74) is 6.74. The number of hydrogen-bond acceptors (Lipinski definition) is 2. The Morgan fingerprint density at radius 1 is 1.22 bits per heavy atom. The molecule has 0 atom stereocenters. The molecule has 0 unspecified atom stereocenters. The van der Waals surface area contributed by atoms with Gasteiger partial charge in [0.05, 0.1) is 0 Å². The molecule has 1 aromatic heterocycles. The minimum Gasteiger partial charge on any atom is -0.340 e. The number of nitrogens with zero attached hydrogens (tertiary/aromatic N) is 2. The Hall–Kier alpha value is -1.29. The number of carbonyl (C=O) groups is 1. The summed E-state index contributed by atoms with van der Waals surface area (Å²) in [6, 6.07) is 4.76. The van der Waals surface area contributed by atoms with E-state index in [1.54, 1.807) is 0 Å². The number of aromatic nitrogens is 1. The summed E-state index contributed by atoms with van der Waals surface area (Å²) in [6.45, 7) is 1.60. The van der Waals surface area contributed by atoms with Crippen molar-refractivity contribution >= 4 is 5.91 Å². The van der Waals surface area contributed by atoms with E-state index in [-0.39, 0.29) is 11.9 Å². The Morgan fingerprint density at radius 3 is 2.56 bits per heavy atom. The van der Waals surface area contributed by atoms with Gasteiger partial charge in [-0.3, -0.25) is 4.79 Å². The van der Waals surface area contributed by atoms with Crippen LogP contribution in [0.3, 0.4) is 0 Å². The van der Waals surface area contributed by atoms with Crippen LogP contribution in [-0.4, -0.2) is 34.5 Å². The lowest BCUT2D eigenvalue weighted by Crippen LogP contribution is -2.43. The second-order valence-corrected chi connectivity index (χ2v) is 5.52. The van der Waals surface area contributed by atoms with Crippen molar-refractivity contribution in [1.29, 1.82) is 0 Å². The molecule has 1 aliphatic heterocycles. The molecule has 4 nitrogen and oxygen atoms in total. The second-order valence-electron chi connectivity index (χ2n) is 5.52. The van der Waals surface area contributed by atoms with Gasteiger partial charge >= 0.3 is 0 Å². The Kier molecular flexibility index (Phi) is 3.12. The van der Waals surface area contributed by atoms with E-state index in [0.717, 1.165) is 31.6 Å². The summed E-state index contributed by atoms with van der Waals surface area (Å²) in [7, 11) is 0. The first-order valence-corrected chi connectivity index (χ1v) is 6.97. The standard InChI is InChI=1S/C14H21N3O/c15-11-6-9-16(10-7-11)14(18)13-5-2-8-17(13)12-3-1-4-12/h2,5,8,11-12H,1,3-4,6-7,9-10,15H2. The third-order valence-corrected chi connectivity index (χ3v) is 4.29. The Labute approximate surface area is 108 Å². The number of piperidine rings is 1. The van der Waals surface area contributed by atoms with E-state index in [1.165, 1.54) is 19.3 Å². The third kappa shape index (κ3) is 2.05. The summed E-state index contributed by atoms with van der Waals surface area (Å²) in [4.78, 5) is 14.4. The van der Waals surface area contributed by atoms with Gasteiger partial charge in [0.2, 0.25) is 0 Å². The van der Waals surface area contributed by atoms with Crippen LogP contribution in [0.5, 0.6) is 0 Å². The maximum absolute atomic E-state index is 12.5. The molecule has 0 radical (unpaired) electrons. The molecule has 1 aliphatic carbocycles. The molecule has 1 aromatic rings. The lowest BCUT2D eigenvalue weighted by atomic mass is 9.92. The summed E-state index contributed by atoms with van der Waals surface area (Å²) in [5, 5.41) is 0. The van der Waals surface area contributed by atoms with Crippen LogP contribution < -0.4 is 5.73 Å². The Morgan fingerprint density at radius 2 is 1.94 bits per heavy atom. The van der Waals surface area contributed by atoms with Gasteiger partial charge in [0.1, 0.15) is 5.69 Å². The molecule has 4 heteroatoms. The van der Waals surface area contributed by atoms with E-state index in [2.05, 4.69) is 4.57 Å². The van der Waals surface area contributed by atoms with Crippen LogP contribution in [0.2, 0.25) is 0 Å². The van der Waals surface area contributed by atoms with E-state index in [4.69, 9.17) is 5.73 Å². The molecule has 2 N–H and O–H groups in total. The SMILES string of the molecule is NC1CCN(C(=O)c2cccn2C2CCC2)CC1. The van der Waals surface area contributed by atoms with Crippen LogP contribution >= 0.6 is 0 Å². The zero-order chi connectivity index (χ0) is 12.5. The quantitative estimate of drug-likeness (QED) is 0.866. The van der Waals surface area contributed by atoms with Crippen molar-refractivity contribution in [2.75, 3.05) is 13.1 Å². The minimum absolute atomic E-state index is 0.179. The average Bonchev–Trinajstić information content (AvgIpc) is 2.76. The molecular formula is C14H21N3O. The van der Waals surface area contributed by atoms with Crippen molar-refractivity contribution in [3.05, 3.63) is 24.0 Å². The van der Waals surface area contributed by atoms with Crippen molar-refractivity contribution < 1.29 is 4.79 Å². The number of carbonyl (C=O) groups excluding carboxylic acids is 1. The van der Waals surface area contributed by atoms with Crippen molar-refractivity contribution in [3.8, 4) is 0 Å². The molecule has 2 fully saturated rings. The number of hydrogen-bond donors (Lipinski definition) is 1. The Balaban J connectivity index is 1.73. The molecule has 18 heavy (non-hydrogen) atoms. The largest absolute Gasteiger partial charge is 0.340 e. The van der Waals surface area contributed by atoms with Gasteiger partial charge in [-0.1, -0.05) is 0 Å². The van der Waals surface area contributed by atoms with E-state index in [0.29, 0.717) is 6.04 Å². The first-order chi connectivity index (χ1) is 8.75. The molecule has 3 rings (SSSR count). The van der Waals surface area contributed by atoms with E-state index in [1.807, 2.05) is 23.2 Å². The zero-order valence-electron chi connectivity index (χ0n) is 10.7. The number of likely N-dealkylation sites (tertiary alicyclic amines) is 1. The van der Waals surface area contributed by atoms with Crippen LogP contribution in [0.4, 0.5) is 0 Å². The lowest BCUT2D eigenvalue weighted by Gasteiger charge is -2.33. The normalized spacial score (nSPS) is 21.9. The predicted molar refractivity (Wildman–Crippen MR) is 70.4 cm³/mol. The fraction of sp³-hybridized carbons (Fsp3) is 0.643. The molecule has 1 amide bonds. The summed E-state index contributed by atoms with van der Waals surface area (Å²) < 4.78 is 2.17. The van der Waals surface area contributed by atoms with Crippen LogP contribution in [0, 0.1) is 0 Å². The van der Waals surface area contributed by atoms with Gasteiger partial charge in [0, 0.05) is 31.4 Å². The molecule has 1 saturated heterocycles. The molecule has 2 aliphatic rings. The number of amides is 1. The smallest absolute Gasteiger partial charge is 0.270 e. The lowest BCUT2D eigenvalue weighted by molar-refractivity contribution is 0.0698. The van der Waals surface area contributed by atoms with Crippen LogP contribution in [-0.2, 0) is 0 Å². The van der Waals surface area contributed by atoms with Crippen molar-refractivity contribution in [2.45, 2.75) is 44.2 Å². The predicted octanol–water partition coefficient (Wildman–Crippen LogP) is 1.78. The highest BCUT2D eigenvalue weighted by Gasteiger charge is 2.27. The van der Waals surface area contributed by atoms with Crippen molar-refractivity contribution in [1.82, 2.24) is 9.47 Å². The number of rotatable bonds is 2. The fourth-order valence-electron chi connectivity index (χ4n) is 2.82. The monoisotopic (exact) mass is 247 g/mol. The molecule has 98 valence electrons. The molecule has 0 spiro atoms. The topological polar surface area (TPSA) is 51.3 Å². The summed E-state index contributed by atoms with van der Waals surface area (Å²) in [6.07, 6.45) is 7.60. The van der Waals surface area contributed by atoms with Gasteiger partial charge in [-0.15, -0.1) is 0 Å². The third-order valence-electron chi connectivity index (χ3n) is 4.29. The van der Waals surface area contributed by atoms with E-state index >= 15 is 0 Å². The van der Waals surface area contributed by atoms with Gasteiger partial charge < -0.3 is 15.2 Å². The molecule has 2 heterocycles. The van der Waals surface area contributed by atoms with Gasteiger partial charge in [-0.2, -0.15) is 0 Å².